The second-order valence-electron chi connectivity index (χ2n) is 4.50. The third kappa shape index (κ3) is 4.10. The number of nitrogens with one attached hydrogen (secondary N) is 1. The van der Waals surface area contributed by atoms with Crippen molar-refractivity contribution in [3.8, 4) is 12.3 Å². The first-order valence-electron chi connectivity index (χ1n) is 5.74. The van der Waals surface area contributed by atoms with Gasteiger partial charge in [0, 0.05) is 26.9 Å². The molecule has 1 saturated heterocycles. The van der Waals surface area contributed by atoms with E-state index in [0.717, 1.165) is 32.5 Å². The van der Waals surface area contributed by atoms with Crippen LogP contribution in [-0.4, -0.2) is 50.3 Å². The van der Waals surface area contributed by atoms with Gasteiger partial charge in [0.2, 0.25) is 0 Å². The Balaban J connectivity index is 0.00000256. The van der Waals surface area contributed by atoms with Crippen molar-refractivity contribution in [1.82, 2.24) is 4.90 Å². The molecule has 1 heterocycles. The van der Waals surface area contributed by atoms with E-state index in [9.17, 15) is 4.79 Å². The van der Waals surface area contributed by atoms with Gasteiger partial charge in [-0.15, -0.1) is 6.42 Å². The van der Waals surface area contributed by atoms with Gasteiger partial charge >= 0.3 is 6.09 Å². The van der Waals surface area contributed by atoms with Crippen LogP contribution in [-0.2, 0) is 4.74 Å². The summed E-state index contributed by atoms with van der Waals surface area (Å²) in [6, 6.07) is 0. The first kappa shape index (κ1) is 16.1. The van der Waals surface area contributed by atoms with E-state index in [2.05, 4.69) is 12.8 Å². The predicted octanol–water partition coefficient (Wildman–Crippen LogP) is -3.24. The second kappa shape index (κ2) is 6.73. The summed E-state index contributed by atoms with van der Waals surface area (Å²) >= 11 is 0. The van der Waals surface area contributed by atoms with Crippen molar-refractivity contribution in [1.29, 1.82) is 0 Å². The van der Waals surface area contributed by atoms with Gasteiger partial charge in [-0.3, -0.25) is 0 Å². The minimum absolute atomic E-state index is 0. The normalized spacial score (nSPS) is 27.5. The number of ether oxygens (including phenoxy) is 1. The molecule has 1 N–H and O–H groups in total. The Hall–Kier alpha value is -0.920. The van der Waals surface area contributed by atoms with E-state index >= 15 is 0 Å². The summed E-state index contributed by atoms with van der Waals surface area (Å²) in [6.07, 6.45) is 6.68. The Morgan fingerprint density at radius 2 is 2.00 bits per heavy atom. The van der Waals surface area contributed by atoms with Crippen LogP contribution in [0.1, 0.15) is 19.8 Å². The first-order chi connectivity index (χ1) is 7.53. The van der Waals surface area contributed by atoms with Gasteiger partial charge in [-0.1, -0.05) is 5.92 Å². The van der Waals surface area contributed by atoms with E-state index in [1.54, 1.807) is 14.1 Å². The molecule has 0 aromatic carbocycles. The molecule has 0 unspecified atom stereocenters. The summed E-state index contributed by atoms with van der Waals surface area (Å²) < 4.78 is 5.42. The van der Waals surface area contributed by atoms with Gasteiger partial charge in [0.1, 0.15) is 0 Å². The summed E-state index contributed by atoms with van der Waals surface area (Å²) in [5, 5.41) is 0. The van der Waals surface area contributed by atoms with Gasteiger partial charge in [0.25, 0.3) is 0 Å². The first-order valence-corrected chi connectivity index (χ1v) is 5.74. The fraction of sp³-hybridized carbons (Fsp3) is 0.750. The molecule has 0 aliphatic carbocycles. The number of piperidine rings is 1. The monoisotopic (exact) mass is 260 g/mol. The zero-order chi connectivity index (χ0) is 12.2. The topological polar surface area (TPSA) is 34.0 Å². The summed E-state index contributed by atoms with van der Waals surface area (Å²) in [5.41, 5.74) is -0.681. The van der Waals surface area contributed by atoms with Crippen LogP contribution in [0.5, 0.6) is 0 Å². The van der Waals surface area contributed by atoms with E-state index in [1.165, 1.54) is 9.80 Å². The Labute approximate surface area is 110 Å². The SMILES string of the molecule is C#CC1(OC(=O)N(C)C)CC[NH+](CC)CC1.[Cl-]. The van der Waals surface area contributed by atoms with Gasteiger partial charge < -0.3 is 26.9 Å². The molecular weight excluding hydrogens is 240 g/mol. The number of quaternary nitrogens is 1. The Bertz CT molecular complexity index is 291. The van der Waals surface area contributed by atoms with Crippen molar-refractivity contribution < 1.29 is 26.8 Å². The van der Waals surface area contributed by atoms with Gasteiger partial charge in [-0.25, -0.2) is 4.79 Å². The number of nitrogens with zero attached hydrogens (tertiary/aromatic N) is 1. The van der Waals surface area contributed by atoms with Crippen LogP contribution in [0.4, 0.5) is 4.79 Å². The molecule has 0 aromatic heterocycles. The number of likely N-dealkylation sites (tertiary alicyclic amines) is 1. The smallest absolute Gasteiger partial charge is 0.410 e. The van der Waals surface area contributed by atoms with Crippen molar-refractivity contribution in [2.75, 3.05) is 33.7 Å². The van der Waals surface area contributed by atoms with Crippen LogP contribution in [0.3, 0.4) is 0 Å². The largest absolute Gasteiger partial charge is 1.00 e. The highest BCUT2D eigenvalue weighted by Crippen LogP contribution is 2.21. The second-order valence-corrected chi connectivity index (χ2v) is 4.50. The van der Waals surface area contributed by atoms with Crippen LogP contribution in [0.25, 0.3) is 0 Å². The molecule has 5 heteroatoms. The average Bonchev–Trinajstić information content (AvgIpc) is 2.29. The molecule has 0 radical (unpaired) electrons. The maximum Gasteiger partial charge on any atom is 0.410 e. The Morgan fingerprint density at radius 3 is 2.35 bits per heavy atom. The van der Waals surface area contributed by atoms with Crippen molar-refractivity contribution >= 4 is 6.09 Å². The predicted molar refractivity (Wildman–Crippen MR) is 62.2 cm³/mol. The molecule has 1 aliphatic heterocycles. The van der Waals surface area contributed by atoms with Crippen LogP contribution in [0.2, 0.25) is 0 Å². The molecule has 1 fully saturated rings. The Morgan fingerprint density at radius 1 is 1.47 bits per heavy atom. The van der Waals surface area contributed by atoms with Crippen molar-refractivity contribution in [3.05, 3.63) is 0 Å². The molecule has 0 saturated carbocycles. The molecule has 1 rings (SSSR count). The number of terminal acetylenes is 1. The van der Waals surface area contributed by atoms with Gasteiger partial charge in [0.15, 0.2) is 5.60 Å². The molecule has 1 aliphatic rings. The minimum atomic E-state index is -0.681. The molecule has 0 spiro atoms. The minimum Gasteiger partial charge on any atom is -1.00 e. The van der Waals surface area contributed by atoms with E-state index in [-0.39, 0.29) is 18.5 Å². The third-order valence-electron chi connectivity index (χ3n) is 3.18. The lowest BCUT2D eigenvalue weighted by Crippen LogP contribution is -3.13. The summed E-state index contributed by atoms with van der Waals surface area (Å²) in [5.74, 6) is 2.66. The number of carbonyl (C=O) groups excluding carboxylic acids is 1. The highest BCUT2D eigenvalue weighted by molar-refractivity contribution is 5.67. The standard InChI is InChI=1S/C12H20N2O2.ClH/c1-5-12(16-11(15)13(3)4)7-9-14(6-2)10-8-12;/h1H,6-10H2,2-4H3;1H. The maximum atomic E-state index is 11.5. The van der Waals surface area contributed by atoms with Crippen LogP contribution >= 0.6 is 0 Å². The number of hydrogen-bond donors (Lipinski definition) is 1. The van der Waals surface area contributed by atoms with Gasteiger partial charge in [-0.2, -0.15) is 0 Å². The fourth-order valence-corrected chi connectivity index (χ4v) is 1.90. The number of amides is 1. The zero-order valence-electron chi connectivity index (χ0n) is 10.8. The molecule has 0 bridgehead atoms. The highest BCUT2D eigenvalue weighted by Gasteiger charge is 2.38. The van der Waals surface area contributed by atoms with E-state index in [4.69, 9.17) is 11.2 Å². The van der Waals surface area contributed by atoms with Crippen molar-refractivity contribution in [3.63, 3.8) is 0 Å². The van der Waals surface area contributed by atoms with Crippen LogP contribution in [0.15, 0.2) is 0 Å². The molecule has 1 amide bonds. The highest BCUT2D eigenvalue weighted by atomic mass is 35.5. The van der Waals surface area contributed by atoms with Gasteiger partial charge in [-0.05, 0) is 6.92 Å². The quantitative estimate of drug-likeness (QED) is 0.530. The number of hydrogen-bond acceptors (Lipinski definition) is 2. The lowest BCUT2D eigenvalue weighted by molar-refractivity contribution is -0.905. The molecule has 0 atom stereocenters. The molecule has 4 nitrogen and oxygen atoms in total. The van der Waals surface area contributed by atoms with Gasteiger partial charge in [0.05, 0.1) is 19.6 Å². The van der Waals surface area contributed by atoms with Crippen LogP contribution < -0.4 is 17.3 Å². The summed E-state index contributed by atoms with van der Waals surface area (Å²) in [7, 11) is 3.33. The molecule has 17 heavy (non-hydrogen) atoms. The zero-order valence-corrected chi connectivity index (χ0v) is 11.5. The lowest BCUT2D eigenvalue weighted by atomic mass is 9.92. The van der Waals surface area contributed by atoms with Crippen molar-refractivity contribution in [2.45, 2.75) is 25.4 Å². The third-order valence-corrected chi connectivity index (χ3v) is 3.18. The van der Waals surface area contributed by atoms with E-state index < -0.39 is 5.60 Å². The maximum absolute atomic E-state index is 11.5. The number of halogens is 1. The summed E-state index contributed by atoms with van der Waals surface area (Å²) in [6.45, 7) is 5.20. The lowest BCUT2D eigenvalue weighted by Gasteiger charge is -2.35. The Kier molecular flexibility index (Phi) is 6.36. The van der Waals surface area contributed by atoms with E-state index in [1.807, 2.05) is 0 Å². The number of carbonyl (C=O) groups is 1. The molecule has 98 valence electrons. The molecular formula is C12H21ClN2O2. The van der Waals surface area contributed by atoms with Crippen LogP contribution in [0, 0.1) is 12.3 Å². The van der Waals surface area contributed by atoms with E-state index in [0.29, 0.717) is 0 Å². The average molecular weight is 261 g/mol. The number of rotatable bonds is 2. The summed E-state index contributed by atoms with van der Waals surface area (Å²) in [4.78, 5) is 14.5. The fourth-order valence-electron chi connectivity index (χ4n) is 1.90. The molecule has 0 aromatic rings. The van der Waals surface area contributed by atoms with Crippen molar-refractivity contribution in [2.24, 2.45) is 0 Å².